The molecule has 164 valence electrons. The lowest BCUT2D eigenvalue weighted by molar-refractivity contribution is -0.137. The van der Waals surface area contributed by atoms with E-state index >= 15 is 0 Å². The number of halogens is 4. The Labute approximate surface area is 187 Å². The number of benzene rings is 2. The number of fused-ring (bicyclic) bond motifs is 1. The molecule has 1 aliphatic rings. The van der Waals surface area contributed by atoms with Crippen LogP contribution in [0.1, 0.15) is 23.1 Å². The first kappa shape index (κ1) is 22.1. The highest BCUT2D eigenvalue weighted by molar-refractivity contribution is 9.10. The van der Waals surface area contributed by atoms with Crippen LogP contribution in [0.5, 0.6) is 0 Å². The van der Waals surface area contributed by atoms with Crippen molar-refractivity contribution in [3.63, 3.8) is 0 Å². The fraction of sp³-hybridized carbons (Fsp3) is 0.273. The highest BCUT2D eigenvalue weighted by atomic mass is 79.9. The van der Waals surface area contributed by atoms with E-state index < -0.39 is 27.5 Å². The minimum atomic E-state index is -4.54. The Morgan fingerprint density at radius 2 is 1.87 bits per heavy atom. The second kappa shape index (κ2) is 8.44. The molecule has 1 saturated heterocycles. The molecule has 0 radical (unpaired) electrons. The molecule has 0 spiro atoms. The monoisotopic (exact) mass is 512 g/mol. The highest BCUT2D eigenvalue weighted by Crippen LogP contribution is 2.34. The largest absolute Gasteiger partial charge is 0.417 e. The Hall–Kier alpha value is -2.10. The molecular formula is C22H20BrF3N2O2S. The van der Waals surface area contributed by atoms with Crippen molar-refractivity contribution in [3.8, 4) is 0 Å². The van der Waals surface area contributed by atoms with Crippen LogP contribution in [0.15, 0.2) is 59.2 Å². The number of nitrogens with zero attached hydrogens (tertiary/aromatic N) is 2. The van der Waals surface area contributed by atoms with Crippen LogP contribution in [0.25, 0.3) is 17.0 Å². The second-order valence-corrected chi connectivity index (χ2v) is 10.3. The fourth-order valence-electron chi connectivity index (χ4n) is 3.66. The van der Waals surface area contributed by atoms with Gasteiger partial charge >= 0.3 is 6.18 Å². The predicted octanol–water partition coefficient (Wildman–Crippen LogP) is 5.52. The number of alkyl halides is 3. The van der Waals surface area contributed by atoms with Crippen molar-refractivity contribution in [1.29, 1.82) is 0 Å². The molecule has 4 nitrogen and oxygen atoms in total. The third kappa shape index (κ3) is 4.73. The third-order valence-electron chi connectivity index (χ3n) is 5.35. The number of hydrogen-bond acceptors (Lipinski definition) is 3. The number of aromatic nitrogens is 1. The van der Waals surface area contributed by atoms with E-state index in [4.69, 9.17) is 0 Å². The van der Waals surface area contributed by atoms with E-state index in [1.807, 2.05) is 12.1 Å². The maximum atomic E-state index is 13.3. The summed E-state index contributed by atoms with van der Waals surface area (Å²) in [5.74, 6) is -0.416. The van der Waals surface area contributed by atoms with Gasteiger partial charge < -0.3 is 0 Å². The lowest BCUT2D eigenvalue weighted by Crippen LogP contribution is -2.36. The van der Waals surface area contributed by atoms with Crippen molar-refractivity contribution in [2.24, 2.45) is 0 Å². The van der Waals surface area contributed by atoms with Gasteiger partial charge in [-0.3, -0.25) is 4.90 Å². The van der Waals surface area contributed by atoms with Gasteiger partial charge in [0.2, 0.25) is 10.0 Å². The summed E-state index contributed by atoms with van der Waals surface area (Å²) in [6.45, 7) is 2.84. The molecule has 2 aromatic carbocycles. The zero-order valence-electron chi connectivity index (χ0n) is 16.4. The summed E-state index contributed by atoms with van der Waals surface area (Å²) in [5, 5.41) is 0.870. The minimum absolute atomic E-state index is 0.0832. The first-order valence-corrected chi connectivity index (χ1v) is 12.1. The molecule has 2 heterocycles. The van der Waals surface area contributed by atoms with Crippen molar-refractivity contribution in [1.82, 2.24) is 8.87 Å². The van der Waals surface area contributed by atoms with E-state index in [0.717, 1.165) is 36.7 Å². The standard InChI is InChI=1S/C22H20BrF3N2O2S/c23-18-8-7-16(20(14-18)22(24,25)26)5-2-13-31(29,30)28-12-9-19-17(4-1-6-21(19)28)15-27-10-3-11-27/h1-2,4-9,12,14H,3,10-11,13,15H2. The van der Waals surface area contributed by atoms with Crippen molar-refractivity contribution in [3.05, 3.63) is 75.9 Å². The van der Waals surface area contributed by atoms with Crippen molar-refractivity contribution < 1.29 is 21.6 Å². The van der Waals surface area contributed by atoms with Gasteiger partial charge in [0.05, 0.1) is 16.8 Å². The average Bonchev–Trinajstić information content (AvgIpc) is 3.11. The summed E-state index contributed by atoms with van der Waals surface area (Å²) < 4.78 is 67.1. The molecule has 31 heavy (non-hydrogen) atoms. The molecule has 4 rings (SSSR count). The van der Waals surface area contributed by atoms with Crippen LogP contribution in [0.4, 0.5) is 13.2 Å². The van der Waals surface area contributed by atoms with Gasteiger partial charge in [0.1, 0.15) is 0 Å². The first-order chi connectivity index (χ1) is 14.6. The van der Waals surface area contributed by atoms with E-state index in [1.54, 1.807) is 12.1 Å². The molecule has 0 saturated carbocycles. The molecule has 0 aliphatic carbocycles. The Bertz CT molecular complexity index is 1250. The fourth-order valence-corrected chi connectivity index (χ4v) is 5.23. The van der Waals surface area contributed by atoms with Crippen LogP contribution in [-0.2, 0) is 22.7 Å². The molecule has 0 unspecified atom stereocenters. The molecule has 0 bridgehead atoms. The van der Waals surface area contributed by atoms with E-state index in [2.05, 4.69) is 20.8 Å². The van der Waals surface area contributed by atoms with Crippen LogP contribution in [0.3, 0.4) is 0 Å². The molecule has 3 aromatic rings. The van der Waals surface area contributed by atoms with E-state index in [1.165, 1.54) is 40.9 Å². The predicted molar refractivity (Wildman–Crippen MR) is 119 cm³/mol. The highest BCUT2D eigenvalue weighted by Gasteiger charge is 2.33. The van der Waals surface area contributed by atoms with E-state index in [-0.39, 0.29) is 5.56 Å². The average molecular weight is 513 g/mol. The maximum Gasteiger partial charge on any atom is 0.417 e. The SMILES string of the molecule is O=S(=O)(CC=Cc1ccc(Br)cc1C(F)(F)F)n1ccc2c(CN3CCC3)cccc21. The molecule has 0 atom stereocenters. The molecule has 1 fully saturated rings. The van der Waals surface area contributed by atoms with Gasteiger partial charge in [0.15, 0.2) is 0 Å². The second-order valence-electron chi connectivity index (χ2n) is 7.50. The topological polar surface area (TPSA) is 42.3 Å². The van der Waals surface area contributed by atoms with Crippen LogP contribution in [0, 0.1) is 0 Å². The van der Waals surface area contributed by atoms with Crippen molar-refractivity contribution in [2.45, 2.75) is 19.1 Å². The third-order valence-corrected chi connectivity index (χ3v) is 7.38. The first-order valence-electron chi connectivity index (χ1n) is 9.73. The minimum Gasteiger partial charge on any atom is -0.299 e. The van der Waals surface area contributed by atoms with E-state index in [9.17, 15) is 21.6 Å². The molecule has 1 aliphatic heterocycles. The van der Waals surface area contributed by atoms with Gasteiger partial charge in [0.25, 0.3) is 0 Å². The number of hydrogen-bond donors (Lipinski definition) is 0. The quantitative estimate of drug-likeness (QED) is 0.436. The van der Waals surface area contributed by atoms with Gasteiger partial charge in [-0.2, -0.15) is 13.2 Å². The smallest absolute Gasteiger partial charge is 0.299 e. The van der Waals surface area contributed by atoms with Gasteiger partial charge in [-0.05, 0) is 54.9 Å². The molecule has 1 aromatic heterocycles. The Balaban J connectivity index is 1.59. The summed E-state index contributed by atoms with van der Waals surface area (Å²) in [7, 11) is -3.78. The summed E-state index contributed by atoms with van der Waals surface area (Å²) >= 11 is 3.04. The maximum absolute atomic E-state index is 13.3. The Morgan fingerprint density at radius 1 is 1.10 bits per heavy atom. The molecular weight excluding hydrogens is 493 g/mol. The normalized spacial score (nSPS) is 15.6. The van der Waals surface area contributed by atoms with Crippen LogP contribution < -0.4 is 0 Å². The van der Waals surface area contributed by atoms with Crippen molar-refractivity contribution in [2.75, 3.05) is 18.8 Å². The zero-order chi connectivity index (χ0) is 22.2. The number of rotatable bonds is 6. The van der Waals surface area contributed by atoms with Crippen LogP contribution in [-0.4, -0.2) is 36.1 Å². The lowest BCUT2D eigenvalue weighted by Gasteiger charge is -2.30. The Kier molecular flexibility index (Phi) is 6.02. The molecule has 0 amide bonds. The van der Waals surface area contributed by atoms with Gasteiger partial charge in [-0.15, -0.1) is 0 Å². The number of likely N-dealkylation sites (tertiary alicyclic amines) is 1. The Morgan fingerprint density at radius 3 is 2.55 bits per heavy atom. The van der Waals surface area contributed by atoms with Gasteiger partial charge in [-0.1, -0.05) is 46.3 Å². The van der Waals surface area contributed by atoms with Crippen molar-refractivity contribution >= 4 is 42.9 Å². The van der Waals surface area contributed by atoms with Gasteiger partial charge in [0, 0.05) is 22.6 Å². The molecule has 9 heteroatoms. The molecule has 0 N–H and O–H groups in total. The summed E-state index contributed by atoms with van der Waals surface area (Å²) in [4.78, 5) is 2.29. The summed E-state index contributed by atoms with van der Waals surface area (Å²) in [5.41, 5.74) is 0.732. The van der Waals surface area contributed by atoms with Gasteiger partial charge in [-0.25, -0.2) is 12.4 Å². The lowest BCUT2D eigenvalue weighted by atomic mass is 10.1. The van der Waals surface area contributed by atoms with Crippen LogP contribution >= 0.6 is 15.9 Å². The zero-order valence-corrected chi connectivity index (χ0v) is 18.8. The summed E-state index contributed by atoms with van der Waals surface area (Å²) in [6.07, 6.45) is 0.601. The van der Waals surface area contributed by atoms with E-state index in [0.29, 0.717) is 9.99 Å². The summed E-state index contributed by atoms with van der Waals surface area (Å²) in [6, 6.07) is 11.1. The van der Waals surface area contributed by atoms with Crippen LogP contribution in [0.2, 0.25) is 0 Å².